The smallest absolute Gasteiger partial charge is 0.354 e. The summed E-state index contributed by atoms with van der Waals surface area (Å²) in [6, 6.07) is 10.6. The Balaban J connectivity index is 1.88. The predicted octanol–water partition coefficient (Wildman–Crippen LogP) is 1.23. The van der Waals surface area contributed by atoms with Crippen molar-refractivity contribution in [2.75, 3.05) is 6.61 Å². The van der Waals surface area contributed by atoms with Crippen LogP contribution in [0.3, 0.4) is 0 Å². The quantitative estimate of drug-likeness (QED) is 0.773. The van der Waals surface area contributed by atoms with E-state index in [4.69, 9.17) is 9.84 Å². The van der Waals surface area contributed by atoms with E-state index in [1.54, 1.807) is 0 Å². The maximum Gasteiger partial charge on any atom is 0.354 e. The van der Waals surface area contributed by atoms with Crippen molar-refractivity contribution in [2.45, 2.75) is 13.0 Å². The molecule has 0 bridgehead atoms. The van der Waals surface area contributed by atoms with Crippen molar-refractivity contribution in [2.24, 2.45) is 0 Å². The van der Waals surface area contributed by atoms with Crippen LogP contribution in [0.25, 0.3) is 0 Å². The summed E-state index contributed by atoms with van der Waals surface area (Å²) >= 11 is 0. The van der Waals surface area contributed by atoms with E-state index < -0.39 is 11.5 Å². The Morgan fingerprint density at radius 3 is 2.75 bits per heavy atom. The first-order chi connectivity index (χ1) is 9.65. The molecule has 2 aromatic rings. The Hall–Kier alpha value is -2.47. The maximum atomic E-state index is 11.3. The van der Waals surface area contributed by atoms with Crippen molar-refractivity contribution in [1.29, 1.82) is 0 Å². The highest BCUT2D eigenvalue weighted by atomic mass is 16.5. The minimum atomic E-state index is -1.22. The van der Waals surface area contributed by atoms with Gasteiger partial charge in [0.15, 0.2) is 5.69 Å². The molecule has 0 atom stereocenters. The van der Waals surface area contributed by atoms with Gasteiger partial charge in [-0.2, -0.15) is 0 Å². The molecule has 1 heterocycles. The number of carbonyl (C=O) groups is 1. The van der Waals surface area contributed by atoms with Gasteiger partial charge in [-0.15, -0.1) is 0 Å². The molecule has 0 saturated heterocycles. The van der Waals surface area contributed by atoms with E-state index in [9.17, 15) is 9.59 Å². The van der Waals surface area contributed by atoms with Crippen LogP contribution >= 0.6 is 0 Å². The summed E-state index contributed by atoms with van der Waals surface area (Å²) in [6.07, 6.45) is 0.350. The van der Waals surface area contributed by atoms with Crippen LogP contribution < -0.4 is 5.56 Å². The van der Waals surface area contributed by atoms with Gasteiger partial charge < -0.3 is 14.8 Å². The van der Waals surface area contributed by atoms with Crippen LogP contribution in [0.15, 0.2) is 41.2 Å². The first-order valence-corrected chi connectivity index (χ1v) is 6.10. The summed E-state index contributed by atoms with van der Waals surface area (Å²) < 4.78 is 5.45. The number of aromatic amines is 1. The number of aromatic nitrogens is 2. The SMILES string of the molecule is O=C(O)c1cc(=O)[nH]c(CCOCc2ccccc2)n1. The van der Waals surface area contributed by atoms with E-state index in [1.807, 2.05) is 30.3 Å². The van der Waals surface area contributed by atoms with Crippen LogP contribution in [0, 0.1) is 0 Å². The zero-order valence-corrected chi connectivity index (χ0v) is 10.7. The lowest BCUT2D eigenvalue weighted by Gasteiger charge is -2.04. The van der Waals surface area contributed by atoms with Crippen molar-refractivity contribution in [3.8, 4) is 0 Å². The average Bonchev–Trinajstić information content (AvgIpc) is 2.44. The third-order valence-electron chi connectivity index (χ3n) is 2.60. The van der Waals surface area contributed by atoms with Gasteiger partial charge in [0.05, 0.1) is 13.2 Å². The first-order valence-electron chi connectivity index (χ1n) is 6.10. The molecule has 0 unspecified atom stereocenters. The number of aromatic carboxylic acids is 1. The van der Waals surface area contributed by atoms with Crippen molar-refractivity contribution in [1.82, 2.24) is 9.97 Å². The summed E-state index contributed by atoms with van der Waals surface area (Å²) in [7, 11) is 0. The largest absolute Gasteiger partial charge is 0.477 e. The molecule has 104 valence electrons. The van der Waals surface area contributed by atoms with E-state index in [0.717, 1.165) is 11.6 Å². The van der Waals surface area contributed by atoms with Crippen molar-refractivity contribution in [3.63, 3.8) is 0 Å². The van der Waals surface area contributed by atoms with Crippen LogP contribution in [0.5, 0.6) is 0 Å². The number of benzene rings is 1. The topological polar surface area (TPSA) is 92.3 Å². The van der Waals surface area contributed by atoms with E-state index in [1.165, 1.54) is 0 Å². The van der Waals surface area contributed by atoms with Gasteiger partial charge in [-0.3, -0.25) is 4.79 Å². The third kappa shape index (κ3) is 4.03. The number of rotatable bonds is 6. The van der Waals surface area contributed by atoms with Crippen molar-refractivity contribution < 1.29 is 14.6 Å². The molecule has 1 aromatic heterocycles. The summed E-state index contributed by atoms with van der Waals surface area (Å²) in [4.78, 5) is 28.4. The molecule has 0 fully saturated rings. The highest BCUT2D eigenvalue weighted by Gasteiger charge is 2.07. The lowest BCUT2D eigenvalue weighted by molar-refractivity contribution is 0.0689. The highest BCUT2D eigenvalue weighted by molar-refractivity contribution is 5.85. The molecule has 2 rings (SSSR count). The number of H-pyrrole nitrogens is 1. The fourth-order valence-corrected chi connectivity index (χ4v) is 1.67. The van der Waals surface area contributed by atoms with Gasteiger partial charge in [-0.1, -0.05) is 30.3 Å². The summed E-state index contributed by atoms with van der Waals surface area (Å²) in [6.45, 7) is 0.810. The number of nitrogens with zero attached hydrogens (tertiary/aromatic N) is 1. The molecule has 0 spiro atoms. The van der Waals surface area contributed by atoms with Gasteiger partial charge in [-0.25, -0.2) is 9.78 Å². The zero-order chi connectivity index (χ0) is 14.4. The average molecular weight is 274 g/mol. The summed E-state index contributed by atoms with van der Waals surface area (Å²) in [5, 5.41) is 8.81. The Labute approximate surface area is 115 Å². The molecule has 1 aromatic carbocycles. The molecular formula is C14H14N2O4. The number of hydrogen-bond acceptors (Lipinski definition) is 4. The predicted molar refractivity (Wildman–Crippen MR) is 71.6 cm³/mol. The molecule has 6 nitrogen and oxygen atoms in total. The fraction of sp³-hybridized carbons (Fsp3) is 0.214. The second kappa shape index (κ2) is 6.63. The Morgan fingerprint density at radius 1 is 1.30 bits per heavy atom. The minimum absolute atomic E-state index is 0.258. The van der Waals surface area contributed by atoms with E-state index in [-0.39, 0.29) is 5.69 Å². The number of hydrogen-bond donors (Lipinski definition) is 2. The molecule has 2 N–H and O–H groups in total. The Bertz CT molecular complexity index is 637. The molecular weight excluding hydrogens is 260 g/mol. The Kier molecular flexibility index (Phi) is 4.62. The van der Waals surface area contributed by atoms with Gasteiger partial charge >= 0.3 is 5.97 Å². The van der Waals surface area contributed by atoms with Crippen LogP contribution in [0.2, 0.25) is 0 Å². The normalized spacial score (nSPS) is 10.4. The minimum Gasteiger partial charge on any atom is -0.477 e. The maximum absolute atomic E-state index is 11.3. The van der Waals surface area contributed by atoms with Crippen molar-refractivity contribution >= 4 is 5.97 Å². The standard InChI is InChI=1S/C14H14N2O4/c17-13-8-11(14(18)19)15-12(16-13)6-7-20-9-10-4-2-1-3-5-10/h1-5,8H,6-7,9H2,(H,18,19)(H,15,16,17). The van der Waals surface area contributed by atoms with Gasteiger partial charge in [-0.05, 0) is 5.56 Å². The Morgan fingerprint density at radius 2 is 2.05 bits per heavy atom. The molecule has 0 aliphatic rings. The molecule has 6 heteroatoms. The van der Waals surface area contributed by atoms with E-state index >= 15 is 0 Å². The van der Waals surface area contributed by atoms with Gasteiger partial charge in [0.25, 0.3) is 5.56 Å². The number of carboxylic acids is 1. The van der Waals surface area contributed by atoms with Crippen LogP contribution in [-0.4, -0.2) is 27.7 Å². The second-order valence-corrected chi connectivity index (χ2v) is 4.17. The lowest BCUT2D eigenvalue weighted by Crippen LogP contribution is -2.16. The number of carboxylic acid groups (broad SMARTS) is 1. The molecule has 0 saturated carbocycles. The van der Waals surface area contributed by atoms with E-state index in [0.29, 0.717) is 25.5 Å². The van der Waals surface area contributed by atoms with E-state index in [2.05, 4.69) is 9.97 Å². The lowest BCUT2D eigenvalue weighted by atomic mass is 10.2. The highest BCUT2D eigenvalue weighted by Crippen LogP contribution is 2.01. The molecule has 0 aliphatic carbocycles. The van der Waals surface area contributed by atoms with Gasteiger partial charge in [0, 0.05) is 12.5 Å². The van der Waals surface area contributed by atoms with Crippen LogP contribution in [0.4, 0.5) is 0 Å². The van der Waals surface area contributed by atoms with Crippen LogP contribution in [0.1, 0.15) is 21.9 Å². The van der Waals surface area contributed by atoms with Gasteiger partial charge in [0.2, 0.25) is 0 Å². The van der Waals surface area contributed by atoms with Gasteiger partial charge in [0.1, 0.15) is 5.82 Å². The number of nitrogens with one attached hydrogen (secondary N) is 1. The molecule has 20 heavy (non-hydrogen) atoms. The second-order valence-electron chi connectivity index (χ2n) is 4.17. The number of ether oxygens (including phenoxy) is 1. The summed E-state index contributed by atoms with van der Waals surface area (Å²) in [5.41, 5.74) is 0.315. The molecule has 0 amide bonds. The van der Waals surface area contributed by atoms with Crippen molar-refractivity contribution in [3.05, 3.63) is 63.8 Å². The summed E-state index contributed by atoms with van der Waals surface area (Å²) in [5.74, 6) is -0.912. The molecule has 0 radical (unpaired) electrons. The fourth-order valence-electron chi connectivity index (χ4n) is 1.67. The first kappa shape index (κ1) is 14.0. The van der Waals surface area contributed by atoms with Crippen LogP contribution in [-0.2, 0) is 17.8 Å². The zero-order valence-electron chi connectivity index (χ0n) is 10.7. The third-order valence-corrected chi connectivity index (χ3v) is 2.60. The molecule has 0 aliphatic heterocycles. The monoisotopic (exact) mass is 274 g/mol.